The topological polar surface area (TPSA) is 62.2 Å². The first kappa shape index (κ1) is 11.7. The van der Waals surface area contributed by atoms with E-state index >= 15 is 0 Å². The van der Waals surface area contributed by atoms with Crippen molar-refractivity contribution in [2.75, 3.05) is 5.32 Å². The smallest absolute Gasteiger partial charge is 0.284 e. The largest absolute Gasteiger partial charge is 0.508 e. The molecule has 0 spiro atoms. The van der Waals surface area contributed by atoms with Gasteiger partial charge in [0.15, 0.2) is 5.01 Å². The number of benzene rings is 2. The minimum atomic E-state index is -0.244. The number of carbonyl (C=O) groups excluding carboxylic acids is 1. The van der Waals surface area contributed by atoms with Gasteiger partial charge in [-0.1, -0.05) is 12.1 Å². The Morgan fingerprint density at radius 3 is 2.58 bits per heavy atom. The summed E-state index contributed by atoms with van der Waals surface area (Å²) in [5.41, 5.74) is 1.45. The number of aromatic nitrogens is 1. The molecule has 3 rings (SSSR count). The Kier molecular flexibility index (Phi) is 2.89. The molecule has 2 N–H and O–H groups in total. The lowest BCUT2D eigenvalue weighted by molar-refractivity contribution is 0.102. The Labute approximate surface area is 113 Å². The fourth-order valence-electron chi connectivity index (χ4n) is 1.70. The molecule has 0 fully saturated rings. The summed E-state index contributed by atoms with van der Waals surface area (Å²) in [4.78, 5) is 16.3. The maximum atomic E-state index is 12.0. The van der Waals surface area contributed by atoms with Crippen LogP contribution in [0.15, 0.2) is 48.5 Å². The summed E-state index contributed by atoms with van der Waals surface area (Å²) in [6, 6.07) is 13.9. The van der Waals surface area contributed by atoms with Gasteiger partial charge in [-0.3, -0.25) is 4.79 Å². The summed E-state index contributed by atoms with van der Waals surface area (Å²) in [7, 11) is 0. The van der Waals surface area contributed by atoms with Gasteiger partial charge in [-0.05, 0) is 36.4 Å². The van der Waals surface area contributed by atoms with E-state index in [0.29, 0.717) is 10.7 Å². The van der Waals surface area contributed by atoms with Crippen LogP contribution in [0.2, 0.25) is 0 Å². The molecule has 0 saturated carbocycles. The Morgan fingerprint density at radius 2 is 1.84 bits per heavy atom. The number of aromatic hydroxyl groups is 1. The van der Waals surface area contributed by atoms with E-state index in [4.69, 9.17) is 0 Å². The molecule has 0 bridgehead atoms. The fraction of sp³-hybridized carbons (Fsp3) is 0. The van der Waals surface area contributed by atoms with E-state index in [1.165, 1.54) is 23.5 Å². The predicted molar refractivity (Wildman–Crippen MR) is 75.7 cm³/mol. The molecule has 94 valence electrons. The van der Waals surface area contributed by atoms with Crippen LogP contribution in [0.5, 0.6) is 5.75 Å². The molecule has 3 aromatic rings. The summed E-state index contributed by atoms with van der Waals surface area (Å²) in [5.74, 6) is -0.0788. The molecule has 0 unspecified atom stereocenters. The van der Waals surface area contributed by atoms with E-state index in [1.54, 1.807) is 12.1 Å². The first-order chi connectivity index (χ1) is 9.22. The van der Waals surface area contributed by atoms with Crippen LogP contribution in [-0.4, -0.2) is 16.0 Å². The van der Waals surface area contributed by atoms with Gasteiger partial charge in [-0.15, -0.1) is 11.3 Å². The highest BCUT2D eigenvalue weighted by molar-refractivity contribution is 7.20. The highest BCUT2D eigenvalue weighted by atomic mass is 32.1. The quantitative estimate of drug-likeness (QED) is 0.703. The molecule has 1 heterocycles. The molecule has 19 heavy (non-hydrogen) atoms. The maximum absolute atomic E-state index is 12.0. The van der Waals surface area contributed by atoms with E-state index < -0.39 is 0 Å². The number of hydrogen-bond donors (Lipinski definition) is 2. The van der Waals surface area contributed by atoms with E-state index in [2.05, 4.69) is 10.3 Å². The zero-order chi connectivity index (χ0) is 13.2. The third-order valence-corrected chi connectivity index (χ3v) is 3.65. The number of amides is 1. The van der Waals surface area contributed by atoms with Gasteiger partial charge >= 0.3 is 0 Å². The number of phenols is 1. The first-order valence-electron chi connectivity index (χ1n) is 5.68. The number of anilines is 1. The number of rotatable bonds is 2. The van der Waals surface area contributed by atoms with Gasteiger partial charge in [-0.25, -0.2) is 4.98 Å². The van der Waals surface area contributed by atoms with Crippen molar-refractivity contribution >= 4 is 33.1 Å². The highest BCUT2D eigenvalue weighted by Crippen LogP contribution is 2.22. The molecular formula is C14H10N2O2S. The van der Waals surface area contributed by atoms with Crippen molar-refractivity contribution in [2.45, 2.75) is 0 Å². The van der Waals surface area contributed by atoms with Crippen LogP contribution in [0, 0.1) is 0 Å². The number of thiazole rings is 1. The van der Waals surface area contributed by atoms with Crippen LogP contribution >= 0.6 is 11.3 Å². The third-order valence-electron chi connectivity index (χ3n) is 2.61. The van der Waals surface area contributed by atoms with Crippen LogP contribution in [0.3, 0.4) is 0 Å². The minimum absolute atomic E-state index is 0.165. The second-order valence-electron chi connectivity index (χ2n) is 3.99. The number of nitrogens with one attached hydrogen (secondary N) is 1. The summed E-state index contributed by atoms with van der Waals surface area (Å²) in [5, 5.41) is 12.3. The summed E-state index contributed by atoms with van der Waals surface area (Å²) in [6.07, 6.45) is 0. The predicted octanol–water partition coefficient (Wildman–Crippen LogP) is 3.25. The fourth-order valence-corrected chi connectivity index (χ4v) is 2.56. The Hall–Kier alpha value is -2.40. The molecule has 0 aliphatic carbocycles. The van der Waals surface area contributed by atoms with Gasteiger partial charge in [-0.2, -0.15) is 0 Å². The van der Waals surface area contributed by atoms with Crippen molar-refractivity contribution in [1.29, 1.82) is 0 Å². The van der Waals surface area contributed by atoms with Crippen molar-refractivity contribution < 1.29 is 9.90 Å². The molecule has 5 heteroatoms. The van der Waals surface area contributed by atoms with Crippen molar-refractivity contribution in [1.82, 2.24) is 4.98 Å². The molecule has 1 amide bonds. The Bertz CT molecular complexity index is 702. The lowest BCUT2D eigenvalue weighted by Gasteiger charge is -2.02. The molecule has 2 aromatic carbocycles. The lowest BCUT2D eigenvalue weighted by atomic mass is 10.3. The maximum Gasteiger partial charge on any atom is 0.284 e. The number of hydrogen-bond acceptors (Lipinski definition) is 4. The number of carbonyl (C=O) groups is 1. The van der Waals surface area contributed by atoms with Gasteiger partial charge in [0.25, 0.3) is 5.91 Å². The molecular weight excluding hydrogens is 260 g/mol. The van der Waals surface area contributed by atoms with Gasteiger partial charge < -0.3 is 10.4 Å². The normalized spacial score (nSPS) is 10.5. The zero-order valence-electron chi connectivity index (χ0n) is 9.83. The van der Waals surface area contributed by atoms with Gasteiger partial charge in [0.05, 0.1) is 10.2 Å². The summed E-state index contributed by atoms with van der Waals surface area (Å²) < 4.78 is 0.985. The number of nitrogens with zero attached hydrogens (tertiary/aromatic N) is 1. The third kappa shape index (κ3) is 2.41. The lowest BCUT2D eigenvalue weighted by Crippen LogP contribution is -2.11. The van der Waals surface area contributed by atoms with Crippen molar-refractivity contribution in [3.8, 4) is 5.75 Å². The molecule has 0 atom stereocenters. The number of phenolic OH excluding ortho intramolecular Hbond substituents is 1. The molecule has 1 aromatic heterocycles. The second kappa shape index (κ2) is 4.70. The summed E-state index contributed by atoms with van der Waals surface area (Å²) >= 11 is 1.36. The van der Waals surface area contributed by atoms with Crippen LogP contribution < -0.4 is 5.32 Å². The Balaban J connectivity index is 1.85. The SMILES string of the molecule is O=C(Nc1ccc(O)cc1)c1nc2ccccc2s1. The van der Waals surface area contributed by atoms with Gasteiger partial charge in [0.2, 0.25) is 0 Å². The van der Waals surface area contributed by atoms with Crippen molar-refractivity contribution in [3.63, 3.8) is 0 Å². The van der Waals surface area contributed by atoms with Crippen LogP contribution in [-0.2, 0) is 0 Å². The average molecular weight is 270 g/mol. The van der Waals surface area contributed by atoms with Gasteiger partial charge in [0, 0.05) is 5.69 Å². The second-order valence-corrected chi connectivity index (χ2v) is 5.02. The molecule has 0 saturated heterocycles. The van der Waals surface area contributed by atoms with E-state index in [1.807, 2.05) is 24.3 Å². The van der Waals surface area contributed by atoms with Crippen molar-refractivity contribution in [3.05, 3.63) is 53.5 Å². The van der Waals surface area contributed by atoms with E-state index in [0.717, 1.165) is 10.2 Å². The number of fused-ring (bicyclic) bond motifs is 1. The zero-order valence-corrected chi connectivity index (χ0v) is 10.6. The molecule has 0 aliphatic heterocycles. The van der Waals surface area contributed by atoms with Crippen LogP contribution in [0.25, 0.3) is 10.2 Å². The van der Waals surface area contributed by atoms with E-state index in [-0.39, 0.29) is 11.7 Å². The van der Waals surface area contributed by atoms with E-state index in [9.17, 15) is 9.90 Å². The standard InChI is InChI=1S/C14H10N2O2S/c17-10-7-5-9(6-8-10)15-13(18)14-16-11-3-1-2-4-12(11)19-14/h1-8,17H,(H,15,18). The van der Waals surface area contributed by atoms with Crippen molar-refractivity contribution in [2.24, 2.45) is 0 Å². The average Bonchev–Trinajstić information content (AvgIpc) is 2.85. The Morgan fingerprint density at radius 1 is 1.11 bits per heavy atom. The van der Waals surface area contributed by atoms with Gasteiger partial charge in [0.1, 0.15) is 5.75 Å². The molecule has 0 radical (unpaired) electrons. The minimum Gasteiger partial charge on any atom is -0.508 e. The molecule has 4 nitrogen and oxygen atoms in total. The monoisotopic (exact) mass is 270 g/mol. The summed E-state index contributed by atoms with van der Waals surface area (Å²) in [6.45, 7) is 0. The first-order valence-corrected chi connectivity index (χ1v) is 6.50. The number of para-hydroxylation sites is 1. The highest BCUT2D eigenvalue weighted by Gasteiger charge is 2.12. The van der Waals surface area contributed by atoms with Crippen LogP contribution in [0.4, 0.5) is 5.69 Å². The van der Waals surface area contributed by atoms with Crippen LogP contribution in [0.1, 0.15) is 9.80 Å². The molecule has 0 aliphatic rings.